The fourth-order valence-corrected chi connectivity index (χ4v) is 2.83. The topological polar surface area (TPSA) is 26.3 Å². The van der Waals surface area contributed by atoms with Crippen molar-refractivity contribution in [1.82, 2.24) is 0 Å². The number of aryl methyl sites for hydroxylation is 1. The largest absolute Gasteiger partial charge is 0.497 e. The number of Topliss-reactive ketones (excluding diaryl/α,β-unsaturated/α-hetero) is 1. The molecular weight excluding hydrogens is 268 g/mol. The molecule has 0 heterocycles. The van der Waals surface area contributed by atoms with Crippen molar-refractivity contribution in [3.8, 4) is 5.75 Å². The Morgan fingerprint density at radius 3 is 2.70 bits per heavy atom. The number of benzene rings is 2. The van der Waals surface area contributed by atoms with E-state index in [0.717, 1.165) is 11.3 Å². The summed E-state index contributed by atoms with van der Waals surface area (Å²) in [6, 6.07) is 15.8. The van der Waals surface area contributed by atoms with E-state index in [2.05, 4.69) is 19.1 Å². The van der Waals surface area contributed by atoms with Gasteiger partial charge < -0.3 is 4.74 Å². The van der Waals surface area contributed by atoms with Gasteiger partial charge in [-0.25, -0.2) is 0 Å². The summed E-state index contributed by atoms with van der Waals surface area (Å²) in [7, 11) is 1.63. The molecular formula is C17H18O2S. The standard InChI is InChI=1S/C17H18O2S/c1-13-6-3-4-9-17(13)20-12-15(18)10-14-7-5-8-16(11-14)19-2/h3-9,11H,10,12H2,1-2H3. The Morgan fingerprint density at radius 2 is 1.95 bits per heavy atom. The maximum absolute atomic E-state index is 12.0. The van der Waals surface area contributed by atoms with Crippen molar-refractivity contribution in [3.63, 3.8) is 0 Å². The van der Waals surface area contributed by atoms with Gasteiger partial charge >= 0.3 is 0 Å². The first-order valence-electron chi connectivity index (χ1n) is 6.52. The van der Waals surface area contributed by atoms with Crippen LogP contribution in [0.25, 0.3) is 0 Å². The lowest BCUT2D eigenvalue weighted by Crippen LogP contribution is -2.05. The Hall–Kier alpha value is -1.74. The molecule has 2 rings (SSSR count). The predicted octanol–water partition coefficient (Wildman–Crippen LogP) is 3.91. The number of methoxy groups -OCH3 is 1. The van der Waals surface area contributed by atoms with E-state index in [0.29, 0.717) is 12.2 Å². The second-order valence-electron chi connectivity index (χ2n) is 4.62. The molecule has 0 aliphatic heterocycles. The van der Waals surface area contributed by atoms with Crippen molar-refractivity contribution in [2.24, 2.45) is 0 Å². The summed E-state index contributed by atoms with van der Waals surface area (Å²) in [6.07, 6.45) is 0.454. The van der Waals surface area contributed by atoms with Gasteiger partial charge in [-0.15, -0.1) is 11.8 Å². The summed E-state index contributed by atoms with van der Waals surface area (Å²) in [4.78, 5) is 13.2. The summed E-state index contributed by atoms with van der Waals surface area (Å²) in [5.41, 5.74) is 2.21. The Kier molecular flexibility index (Phi) is 5.24. The van der Waals surface area contributed by atoms with Crippen LogP contribution in [0.15, 0.2) is 53.4 Å². The minimum absolute atomic E-state index is 0.228. The van der Waals surface area contributed by atoms with E-state index in [4.69, 9.17) is 4.74 Å². The molecule has 0 unspecified atom stereocenters. The molecule has 2 nitrogen and oxygen atoms in total. The zero-order valence-corrected chi connectivity index (χ0v) is 12.6. The van der Waals surface area contributed by atoms with Gasteiger partial charge in [-0.2, -0.15) is 0 Å². The van der Waals surface area contributed by atoms with Crippen molar-refractivity contribution in [2.75, 3.05) is 12.9 Å². The number of rotatable bonds is 6. The average Bonchev–Trinajstić information content (AvgIpc) is 2.46. The molecule has 3 heteroatoms. The van der Waals surface area contributed by atoms with E-state index in [9.17, 15) is 4.79 Å². The van der Waals surface area contributed by atoms with Crippen LogP contribution in [0, 0.1) is 6.92 Å². The van der Waals surface area contributed by atoms with Crippen LogP contribution in [-0.4, -0.2) is 18.6 Å². The molecule has 0 bridgehead atoms. The van der Waals surface area contributed by atoms with Gasteiger partial charge in [0.2, 0.25) is 0 Å². The molecule has 2 aromatic rings. The third-order valence-corrected chi connectivity index (χ3v) is 4.25. The van der Waals surface area contributed by atoms with E-state index >= 15 is 0 Å². The molecule has 0 N–H and O–H groups in total. The summed E-state index contributed by atoms with van der Waals surface area (Å²) >= 11 is 1.60. The number of hydrogen-bond acceptors (Lipinski definition) is 3. The molecule has 0 saturated carbocycles. The van der Waals surface area contributed by atoms with Gasteiger partial charge in [0.05, 0.1) is 12.9 Å². The van der Waals surface area contributed by atoms with Gasteiger partial charge in [-0.1, -0.05) is 30.3 Å². The highest BCUT2D eigenvalue weighted by molar-refractivity contribution is 8.00. The molecule has 0 aromatic heterocycles. The monoisotopic (exact) mass is 286 g/mol. The Balaban J connectivity index is 1.91. The van der Waals surface area contributed by atoms with Gasteiger partial charge in [-0.05, 0) is 36.2 Å². The molecule has 0 atom stereocenters. The maximum Gasteiger partial charge on any atom is 0.147 e. The Labute approximate surface area is 124 Å². The summed E-state index contributed by atoms with van der Waals surface area (Å²) in [6.45, 7) is 2.06. The lowest BCUT2D eigenvalue weighted by atomic mass is 10.1. The molecule has 0 aliphatic carbocycles. The summed E-state index contributed by atoms with van der Waals surface area (Å²) in [5, 5.41) is 0. The van der Waals surface area contributed by atoms with Gasteiger partial charge in [-0.3, -0.25) is 4.79 Å². The lowest BCUT2D eigenvalue weighted by Gasteiger charge is -2.06. The van der Waals surface area contributed by atoms with E-state index < -0.39 is 0 Å². The number of hydrogen-bond donors (Lipinski definition) is 0. The first-order chi connectivity index (χ1) is 9.69. The zero-order valence-electron chi connectivity index (χ0n) is 11.8. The van der Waals surface area contributed by atoms with Crippen molar-refractivity contribution in [1.29, 1.82) is 0 Å². The smallest absolute Gasteiger partial charge is 0.147 e. The molecule has 2 aromatic carbocycles. The van der Waals surface area contributed by atoms with Crippen LogP contribution in [0.1, 0.15) is 11.1 Å². The first kappa shape index (κ1) is 14.7. The summed E-state index contributed by atoms with van der Waals surface area (Å²) in [5.74, 6) is 1.52. The second-order valence-corrected chi connectivity index (χ2v) is 5.64. The van der Waals surface area contributed by atoms with Gasteiger partial charge in [0.15, 0.2) is 0 Å². The normalized spacial score (nSPS) is 10.3. The highest BCUT2D eigenvalue weighted by Gasteiger charge is 2.07. The van der Waals surface area contributed by atoms with Crippen LogP contribution < -0.4 is 4.74 Å². The van der Waals surface area contributed by atoms with Crippen LogP contribution in [-0.2, 0) is 11.2 Å². The van der Waals surface area contributed by atoms with Crippen LogP contribution in [0.3, 0.4) is 0 Å². The fourth-order valence-electron chi connectivity index (χ4n) is 1.94. The predicted molar refractivity (Wildman–Crippen MR) is 83.6 cm³/mol. The number of ether oxygens (including phenoxy) is 1. The van der Waals surface area contributed by atoms with Crippen molar-refractivity contribution in [2.45, 2.75) is 18.2 Å². The summed E-state index contributed by atoms with van der Waals surface area (Å²) < 4.78 is 5.16. The molecule has 0 saturated heterocycles. The lowest BCUT2D eigenvalue weighted by molar-refractivity contribution is -0.116. The molecule has 0 fully saturated rings. The van der Waals surface area contributed by atoms with Crippen molar-refractivity contribution < 1.29 is 9.53 Å². The van der Waals surface area contributed by atoms with E-state index in [1.54, 1.807) is 18.9 Å². The van der Waals surface area contributed by atoms with Gasteiger partial charge in [0.1, 0.15) is 11.5 Å². The second kappa shape index (κ2) is 7.15. The number of carbonyl (C=O) groups excluding carboxylic acids is 1. The van der Waals surface area contributed by atoms with Gasteiger partial charge in [0.25, 0.3) is 0 Å². The van der Waals surface area contributed by atoms with Crippen LogP contribution in [0.4, 0.5) is 0 Å². The molecule has 0 spiro atoms. The first-order valence-corrected chi connectivity index (χ1v) is 7.50. The van der Waals surface area contributed by atoms with Crippen LogP contribution >= 0.6 is 11.8 Å². The Morgan fingerprint density at radius 1 is 1.15 bits per heavy atom. The van der Waals surface area contributed by atoms with E-state index in [1.165, 1.54) is 10.5 Å². The van der Waals surface area contributed by atoms with Crippen molar-refractivity contribution in [3.05, 3.63) is 59.7 Å². The zero-order chi connectivity index (χ0) is 14.4. The van der Waals surface area contributed by atoms with E-state index in [-0.39, 0.29) is 5.78 Å². The number of ketones is 1. The molecule has 0 aliphatic rings. The maximum atomic E-state index is 12.0. The van der Waals surface area contributed by atoms with Crippen molar-refractivity contribution >= 4 is 17.5 Å². The minimum Gasteiger partial charge on any atom is -0.497 e. The minimum atomic E-state index is 0.228. The molecule has 20 heavy (non-hydrogen) atoms. The quantitative estimate of drug-likeness (QED) is 0.753. The molecule has 0 radical (unpaired) electrons. The number of thioether (sulfide) groups is 1. The molecule has 104 valence electrons. The van der Waals surface area contributed by atoms with Crippen LogP contribution in [0.2, 0.25) is 0 Å². The average molecular weight is 286 g/mol. The highest BCUT2D eigenvalue weighted by atomic mass is 32.2. The third-order valence-electron chi connectivity index (χ3n) is 3.02. The Bertz CT molecular complexity index is 593. The van der Waals surface area contributed by atoms with Crippen LogP contribution in [0.5, 0.6) is 5.75 Å². The SMILES string of the molecule is COc1cccc(CC(=O)CSc2ccccc2C)c1. The fraction of sp³-hybridized carbons (Fsp3) is 0.235. The third kappa shape index (κ3) is 4.14. The highest BCUT2D eigenvalue weighted by Crippen LogP contribution is 2.22. The van der Waals surface area contributed by atoms with Gasteiger partial charge in [0, 0.05) is 11.3 Å². The van der Waals surface area contributed by atoms with E-state index in [1.807, 2.05) is 36.4 Å². The molecule has 0 amide bonds. The number of carbonyl (C=O) groups is 1.